The van der Waals surface area contributed by atoms with Crippen LogP contribution in [0, 0.1) is 11.6 Å². The predicted octanol–water partition coefficient (Wildman–Crippen LogP) is 0.307. The summed E-state index contributed by atoms with van der Waals surface area (Å²) in [5.41, 5.74) is -0.633. The van der Waals surface area contributed by atoms with Crippen LogP contribution in [0.15, 0.2) is 6.07 Å². The Morgan fingerprint density at radius 2 is 1.66 bits per heavy atom. The Bertz CT molecular complexity index is 965. The summed E-state index contributed by atoms with van der Waals surface area (Å²) >= 11 is 0. The Hall–Kier alpha value is -2.88. The van der Waals surface area contributed by atoms with Crippen molar-refractivity contribution in [2.75, 3.05) is 18.0 Å². The van der Waals surface area contributed by atoms with Crippen LogP contribution < -0.4 is 15.5 Å². The van der Waals surface area contributed by atoms with Crippen LogP contribution in [-0.4, -0.2) is 59.7 Å². The van der Waals surface area contributed by atoms with Crippen LogP contribution >= 0.6 is 0 Å². The van der Waals surface area contributed by atoms with Crippen LogP contribution in [0.5, 0.6) is 0 Å². The largest absolute Gasteiger partial charge is 0.360 e. The van der Waals surface area contributed by atoms with Gasteiger partial charge in [0.05, 0.1) is 16.8 Å². The molecule has 10 heteroatoms. The molecule has 0 saturated carbocycles. The number of amides is 4. The highest BCUT2D eigenvalue weighted by molar-refractivity contribution is 6.25. The van der Waals surface area contributed by atoms with Crippen molar-refractivity contribution in [3.63, 3.8) is 0 Å². The van der Waals surface area contributed by atoms with Gasteiger partial charge in [0.1, 0.15) is 6.04 Å². The Morgan fingerprint density at radius 1 is 0.966 bits per heavy atom. The van der Waals surface area contributed by atoms with Gasteiger partial charge in [0.15, 0.2) is 11.6 Å². The highest BCUT2D eigenvalue weighted by Gasteiger charge is 2.49. The smallest absolute Gasteiger partial charge is 0.264 e. The lowest BCUT2D eigenvalue weighted by molar-refractivity contribution is -0.136. The van der Waals surface area contributed by atoms with Crippen LogP contribution in [0.1, 0.15) is 46.4 Å². The van der Waals surface area contributed by atoms with Gasteiger partial charge in [-0.15, -0.1) is 0 Å². The molecule has 2 bridgehead atoms. The molecule has 1 aromatic rings. The molecule has 3 unspecified atom stereocenters. The third-order valence-electron chi connectivity index (χ3n) is 6.24. The number of benzene rings is 1. The Morgan fingerprint density at radius 3 is 2.31 bits per heavy atom. The normalized spacial score (nSPS) is 28.8. The average Bonchev–Trinajstić information content (AvgIpc) is 3.05. The second-order valence-electron chi connectivity index (χ2n) is 7.84. The molecule has 0 aromatic heterocycles. The number of carbonyl (C=O) groups is 4. The van der Waals surface area contributed by atoms with Crippen molar-refractivity contribution in [1.29, 1.82) is 0 Å². The topological polar surface area (TPSA) is 98.8 Å². The molecule has 4 heterocycles. The van der Waals surface area contributed by atoms with Crippen LogP contribution in [-0.2, 0) is 9.59 Å². The molecule has 0 radical (unpaired) electrons. The van der Waals surface area contributed by atoms with Crippen LogP contribution in [0.25, 0.3) is 0 Å². The summed E-state index contributed by atoms with van der Waals surface area (Å²) in [7, 11) is 0. The maximum Gasteiger partial charge on any atom is 0.264 e. The van der Waals surface area contributed by atoms with Gasteiger partial charge in [-0.2, -0.15) is 0 Å². The molecular formula is C19H18F2N4O4. The summed E-state index contributed by atoms with van der Waals surface area (Å²) in [6, 6.07) is -0.674. The number of hydrogen-bond donors (Lipinski definition) is 2. The van der Waals surface area contributed by atoms with Crippen LogP contribution in [0.3, 0.4) is 0 Å². The lowest BCUT2D eigenvalue weighted by Crippen LogP contribution is -2.54. The molecule has 4 aliphatic heterocycles. The van der Waals surface area contributed by atoms with Gasteiger partial charge in [-0.1, -0.05) is 0 Å². The van der Waals surface area contributed by atoms with E-state index in [9.17, 15) is 28.0 Å². The minimum atomic E-state index is -1.21. The van der Waals surface area contributed by atoms with Crippen molar-refractivity contribution in [1.82, 2.24) is 15.5 Å². The van der Waals surface area contributed by atoms with Gasteiger partial charge in [0.25, 0.3) is 11.8 Å². The number of piperazine rings is 1. The number of fused-ring (bicyclic) bond motifs is 3. The first-order chi connectivity index (χ1) is 13.9. The molecule has 152 valence electrons. The standard InChI is InChI=1S/C19H18F2N4O4/c20-11-5-10-14(16(15(11)21)24-8-1-2-9(24)7-22-6-8)19(29)25(18(10)28)12-3-4-13(26)23-17(12)27/h5,8-9,12,22H,1-4,6-7H2,(H,23,26,27). The van der Waals surface area contributed by atoms with E-state index >= 15 is 0 Å². The summed E-state index contributed by atoms with van der Waals surface area (Å²) in [6.07, 6.45) is 1.49. The molecular weight excluding hydrogens is 386 g/mol. The van der Waals surface area contributed by atoms with Crippen molar-refractivity contribution in [2.24, 2.45) is 0 Å². The fourth-order valence-corrected chi connectivity index (χ4v) is 4.94. The fourth-order valence-electron chi connectivity index (χ4n) is 4.94. The van der Waals surface area contributed by atoms with Gasteiger partial charge in [-0.05, 0) is 25.3 Å². The van der Waals surface area contributed by atoms with E-state index < -0.39 is 41.3 Å². The maximum absolute atomic E-state index is 15.0. The van der Waals surface area contributed by atoms with E-state index in [1.165, 1.54) is 0 Å². The van der Waals surface area contributed by atoms with E-state index in [4.69, 9.17) is 0 Å². The molecule has 5 rings (SSSR count). The van der Waals surface area contributed by atoms with Crippen molar-refractivity contribution in [3.05, 3.63) is 28.8 Å². The van der Waals surface area contributed by atoms with Crippen molar-refractivity contribution in [2.45, 2.75) is 43.8 Å². The highest BCUT2D eigenvalue weighted by atomic mass is 19.2. The number of hydrogen-bond acceptors (Lipinski definition) is 6. The van der Waals surface area contributed by atoms with Crippen molar-refractivity contribution >= 4 is 29.3 Å². The molecule has 3 fully saturated rings. The number of anilines is 1. The van der Waals surface area contributed by atoms with Crippen molar-refractivity contribution in [3.8, 4) is 0 Å². The molecule has 29 heavy (non-hydrogen) atoms. The number of rotatable bonds is 2. The van der Waals surface area contributed by atoms with E-state index in [0.717, 1.165) is 23.8 Å². The number of carbonyl (C=O) groups excluding carboxylic acids is 4. The maximum atomic E-state index is 15.0. The predicted molar refractivity (Wildman–Crippen MR) is 95.2 cm³/mol. The third kappa shape index (κ3) is 2.51. The zero-order valence-corrected chi connectivity index (χ0v) is 15.3. The second kappa shape index (κ2) is 6.31. The first-order valence-electron chi connectivity index (χ1n) is 9.61. The lowest BCUT2D eigenvalue weighted by Gasteiger charge is -2.38. The third-order valence-corrected chi connectivity index (χ3v) is 6.24. The zero-order valence-electron chi connectivity index (χ0n) is 15.3. The summed E-state index contributed by atoms with van der Waals surface area (Å²) in [5.74, 6) is -5.29. The molecule has 1 aromatic carbocycles. The molecule has 0 spiro atoms. The van der Waals surface area contributed by atoms with Crippen LogP contribution in [0.4, 0.5) is 14.5 Å². The number of nitrogens with one attached hydrogen (secondary N) is 2. The SMILES string of the molecule is O=C1CCC(N2C(=O)c3cc(F)c(F)c(N4C5CCC4CNC5)c3C2=O)C(=O)N1. The van der Waals surface area contributed by atoms with E-state index in [1.54, 1.807) is 4.90 Å². The number of halogens is 2. The van der Waals surface area contributed by atoms with Gasteiger partial charge < -0.3 is 10.2 Å². The Labute approximate surface area is 164 Å². The van der Waals surface area contributed by atoms with Crippen molar-refractivity contribution < 1.29 is 28.0 Å². The second-order valence-corrected chi connectivity index (χ2v) is 7.84. The Balaban J connectivity index is 1.62. The first-order valence-corrected chi connectivity index (χ1v) is 9.61. The number of nitrogens with zero attached hydrogens (tertiary/aromatic N) is 2. The van der Waals surface area contributed by atoms with Gasteiger partial charge >= 0.3 is 0 Å². The van der Waals surface area contributed by atoms with Gasteiger partial charge in [-0.25, -0.2) is 8.78 Å². The summed E-state index contributed by atoms with van der Waals surface area (Å²) < 4.78 is 29.4. The lowest BCUT2D eigenvalue weighted by atomic mass is 10.0. The molecule has 3 saturated heterocycles. The molecule has 2 N–H and O–H groups in total. The molecule has 0 aliphatic carbocycles. The minimum Gasteiger partial charge on any atom is -0.360 e. The quantitative estimate of drug-likeness (QED) is 0.689. The summed E-state index contributed by atoms with van der Waals surface area (Å²) in [6.45, 7) is 1.14. The molecule has 8 nitrogen and oxygen atoms in total. The summed E-state index contributed by atoms with van der Waals surface area (Å²) in [5, 5.41) is 5.34. The fraction of sp³-hybridized carbons (Fsp3) is 0.474. The monoisotopic (exact) mass is 404 g/mol. The Kier molecular flexibility index (Phi) is 3.95. The summed E-state index contributed by atoms with van der Waals surface area (Å²) in [4.78, 5) is 52.2. The minimum absolute atomic E-state index is 0.0185. The van der Waals surface area contributed by atoms with E-state index in [2.05, 4.69) is 10.6 Å². The number of imide groups is 2. The van der Waals surface area contributed by atoms with Gasteiger partial charge in [0.2, 0.25) is 11.8 Å². The zero-order chi connectivity index (χ0) is 20.4. The molecule has 4 amide bonds. The van der Waals surface area contributed by atoms with E-state index in [0.29, 0.717) is 13.1 Å². The average molecular weight is 404 g/mol. The molecule has 3 atom stereocenters. The molecule has 4 aliphatic rings. The van der Waals surface area contributed by atoms with Crippen LogP contribution in [0.2, 0.25) is 0 Å². The van der Waals surface area contributed by atoms with Gasteiger partial charge in [0, 0.05) is 31.6 Å². The van der Waals surface area contributed by atoms with Gasteiger partial charge in [-0.3, -0.25) is 29.4 Å². The highest BCUT2D eigenvalue weighted by Crippen LogP contribution is 2.42. The number of piperidine rings is 1. The van der Waals surface area contributed by atoms with E-state index in [-0.39, 0.29) is 41.7 Å². The first kappa shape index (κ1) is 18.2. The van der Waals surface area contributed by atoms with E-state index in [1.807, 2.05) is 0 Å².